The van der Waals surface area contributed by atoms with Gasteiger partial charge in [-0.3, -0.25) is 0 Å². The topological polar surface area (TPSA) is 77.0 Å². The Labute approximate surface area is 201 Å². The van der Waals surface area contributed by atoms with Gasteiger partial charge in [-0.05, 0) is 85.0 Å². The Morgan fingerprint density at radius 2 is 1.85 bits per heavy atom. The van der Waals surface area contributed by atoms with Crippen molar-refractivity contribution in [3.63, 3.8) is 0 Å². The van der Waals surface area contributed by atoms with Gasteiger partial charge in [0.15, 0.2) is 6.61 Å². The maximum atomic E-state index is 10.7. The maximum Gasteiger partial charge on any atom is 0.341 e. The van der Waals surface area contributed by atoms with Crippen LogP contribution < -0.4 is 10.1 Å². The van der Waals surface area contributed by atoms with Crippen molar-refractivity contribution in [2.24, 2.45) is 0 Å². The molecule has 0 aliphatic heterocycles. The molecule has 1 aliphatic rings. The van der Waals surface area contributed by atoms with Gasteiger partial charge in [0.25, 0.3) is 0 Å². The number of carbonyl (C=O) groups is 1. The smallest absolute Gasteiger partial charge is 0.341 e. The summed E-state index contributed by atoms with van der Waals surface area (Å²) in [5, 5.41) is 12.2. The molecule has 0 saturated carbocycles. The average molecular weight is 464 g/mol. The Kier molecular flexibility index (Phi) is 9.35. The van der Waals surface area contributed by atoms with E-state index in [2.05, 4.69) is 55.6 Å². The van der Waals surface area contributed by atoms with Crippen molar-refractivity contribution in [2.45, 2.75) is 33.7 Å². The number of allylic oxidation sites excluding steroid dienone is 4. The Morgan fingerprint density at radius 3 is 2.59 bits per heavy atom. The van der Waals surface area contributed by atoms with E-state index in [0.29, 0.717) is 38.5 Å². The van der Waals surface area contributed by atoms with Gasteiger partial charge in [-0.25, -0.2) is 4.79 Å². The molecule has 0 amide bonds. The van der Waals surface area contributed by atoms with E-state index in [9.17, 15) is 4.79 Å². The number of aryl methyl sites for hydroxylation is 2. The number of hydrogen-bond acceptors (Lipinski definition) is 5. The number of rotatable bonds is 12. The molecular formula is C28H33NO5. The highest BCUT2D eigenvalue weighted by Gasteiger charge is 2.10. The average Bonchev–Trinajstić information content (AvgIpc) is 3.04. The van der Waals surface area contributed by atoms with Crippen LogP contribution in [0.15, 0.2) is 72.2 Å². The molecule has 0 radical (unpaired) electrons. The highest BCUT2D eigenvalue weighted by Crippen LogP contribution is 2.31. The van der Waals surface area contributed by atoms with Crippen LogP contribution >= 0.6 is 0 Å². The van der Waals surface area contributed by atoms with Crippen molar-refractivity contribution in [2.75, 3.05) is 26.4 Å². The van der Waals surface area contributed by atoms with E-state index in [4.69, 9.17) is 19.3 Å². The largest absolute Gasteiger partial charge is 0.491 e. The van der Waals surface area contributed by atoms with Crippen LogP contribution in [0.4, 0.5) is 0 Å². The molecule has 0 fully saturated rings. The lowest BCUT2D eigenvalue weighted by Crippen LogP contribution is -2.11. The molecule has 2 aromatic carbocycles. The second-order valence-electron chi connectivity index (χ2n) is 8.08. The van der Waals surface area contributed by atoms with E-state index in [0.717, 1.165) is 11.4 Å². The standard InChI is InChI=1S/C28H33NO5/c1-4-32-13-14-33-26-15-20(2)28(21(3)16-26)23-8-5-7-22(17-23)18-29-24-9-6-10-25(12-11-24)34-19-27(30)31/h5-9,11-12,15-17,29H,4,10,13-14,18-19H2,1-3H3,(H,30,31). The number of aliphatic carboxylic acids is 1. The minimum absolute atomic E-state index is 0.331. The lowest BCUT2D eigenvalue weighted by molar-refractivity contribution is -0.140. The van der Waals surface area contributed by atoms with Crippen molar-refractivity contribution in [1.82, 2.24) is 5.32 Å². The van der Waals surface area contributed by atoms with Gasteiger partial charge < -0.3 is 24.6 Å². The normalized spacial score (nSPS) is 13.0. The number of nitrogens with one attached hydrogen (secondary N) is 1. The summed E-state index contributed by atoms with van der Waals surface area (Å²) in [5.41, 5.74) is 6.84. The van der Waals surface area contributed by atoms with Crippen molar-refractivity contribution in [3.05, 3.63) is 88.8 Å². The number of carboxylic acids is 1. The molecule has 1 aliphatic carbocycles. The first-order chi connectivity index (χ1) is 16.5. The van der Waals surface area contributed by atoms with Crippen LogP contribution in [0, 0.1) is 13.8 Å². The summed E-state index contributed by atoms with van der Waals surface area (Å²) < 4.78 is 16.5. The van der Waals surface area contributed by atoms with Gasteiger partial charge in [0.2, 0.25) is 0 Å². The minimum atomic E-state index is -0.981. The molecule has 0 bridgehead atoms. The first-order valence-corrected chi connectivity index (χ1v) is 11.5. The van der Waals surface area contributed by atoms with E-state index in [-0.39, 0.29) is 6.61 Å². The van der Waals surface area contributed by atoms with E-state index in [1.165, 1.54) is 27.8 Å². The van der Waals surface area contributed by atoms with E-state index in [1.807, 2.05) is 31.2 Å². The fraction of sp³-hybridized carbons (Fsp3) is 0.321. The van der Waals surface area contributed by atoms with Crippen LogP contribution in [0.25, 0.3) is 11.1 Å². The van der Waals surface area contributed by atoms with Gasteiger partial charge in [-0.2, -0.15) is 0 Å². The lowest BCUT2D eigenvalue weighted by Gasteiger charge is -2.15. The molecule has 180 valence electrons. The fourth-order valence-corrected chi connectivity index (χ4v) is 3.85. The predicted molar refractivity (Wildman–Crippen MR) is 134 cm³/mol. The Balaban J connectivity index is 1.66. The number of carboxylic acid groups (broad SMARTS) is 1. The quantitative estimate of drug-likeness (QED) is 0.416. The van der Waals surface area contributed by atoms with Gasteiger partial charge in [-0.15, -0.1) is 0 Å². The van der Waals surface area contributed by atoms with Gasteiger partial charge in [0.05, 0.1) is 6.61 Å². The zero-order chi connectivity index (χ0) is 24.3. The summed E-state index contributed by atoms with van der Waals surface area (Å²) in [6, 6.07) is 12.7. The molecule has 0 spiro atoms. The Hall–Kier alpha value is -3.51. The highest BCUT2D eigenvalue weighted by molar-refractivity contribution is 5.72. The highest BCUT2D eigenvalue weighted by atomic mass is 16.5. The van der Waals surface area contributed by atoms with Crippen LogP contribution in [0.3, 0.4) is 0 Å². The van der Waals surface area contributed by atoms with E-state index < -0.39 is 5.97 Å². The molecule has 0 heterocycles. The predicted octanol–water partition coefficient (Wildman–Crippen LogP) is 5.30. The van der Waals surface area contributed by atoms with E-state index >= 15 is 0 Å². The second kappa shape index (κ2) is 12.7. The summed E-state index contributed by atoms with van der Waals surface area (Å²) in [5.74, 6) is 0.516. The summed E-state index contributed by atoms with van der Waals surface area (Å²) in [7, 11) is 0. The first kappa shape index (κ1) is 25.1. The monoisotopic (exact) mass is 463 g/mol. The zero-order valence-corrected chi connectivity index (χ0v) is 20.1. The maximum absolute atomic E-state index is 10.7. The molecule has 0 aromatic heterocycles. The fourth-order valence-electron chi connectivity index (χ4n) is 3.85. The number of ether oxygens (including phenoxy) is 3. The third kappa shape index (κ3) is 7.52. The van der Waals surface area contributed by atoms with Crippen LogP contribution in [0.5, 0.6) is 5.75 Å². The zero-order valence-electron chi connectivity index (χ0n) is 20.1. The second-order valence-corrected chi connectivity index (χ2v) is 8.08. The lowest BCUT2D eigenvalue weighted by atomic mass is 9.94. The molecular weight excluding hydrogens is 430 g/mol. The van der Waals surface area contributed by atoms with Gasteiger partial charge >= 0.3 is 5.97 Å². The summed E-state index contributed by atoms with van der Waals surface area (Å²) in [6.07, 6.45) is 8.22. The molecule has 6 heteroatoms. The van der Waals surface area contributed by atoms with Crippen LogP contribution in [-0.2, 0) is 20.8 Å². The Morgan fingerprint density at radius 1 is 1.06 bits per heavy atom. The molecule has 0 atom stereocenters. The van der Waals surface area contributed by atoms with Crippen molar-refractivity contribution in [3.8, 4) is 16.9 Å². The first-order valence-electron chi connectivity index (χ1n) is 11.5. The molecule has 6 nitrogen and oxygen atoms in total. The minimum Gasteiger partial charge on any atom is -0.491 e. The van der Waals surface area contributed by atoms with Crippen molar-refractivity contribution < 1.29 is 24.1 Å². The molecule has 2 N–H and O–H groups in total. The number of benzene rings is 2. The third-order valence-corrected chi connectivity index (χ3v) is 5.37. The summed E-state index contributed by atoms with van der Waals surface area (Å²) in [6.45, 7) is 8.35. The Bertz CT molecular complexity index is 1060. The van der Waals surface area contributed by atoms with Gasteiger partial charge in [-0.1, -0.05) is 24.3 Å². The van der Waals surface area contributed by atoms with Gasteiger partial charge in [0, 0.05) is 25.3 Å². The molecule has 2 aromatic rings. The van der Waals surface area contributed by atoms with Crippen LogP contribution in [0.2, 0.25) is 0 Å². The summed E-state index contributed by atoms with van der Waals surface area (Å²) >= 11 is 0. The third-order valence-electron chi connectivity index (χ3n) is 5.37. The molecule has 34 heavy (non-hydrogen) atoms. The van der Waals surface area contributed by atoms with Gasteiger partial charge in [0.1, 0.15) is 18.1 Å². The number of hydrogen-bond donors (Lipinski definition) is 2. The van der Waals surface area contributed by atoms with Crippen LogP contribution in [0.1, 0.15) is 30.0 Å². The van der Waals surface area contributed by atoms with E-state index in [1.54, 1.807) is 0 Å². The molecule has 0 unspecified atom stereocenters. The van der Waals surface area contributed by atoms with Crippen molar-refractivity contribution in [1.29, 1.82) is 0 Å². The molecule has 0 saturated heterocycles. The SMILES string of the molecule is CCOCCOc1cc(C)c(-c2cccc(CNC3=CC=C(OCC(=O)O)CC=C3)c2)c(C)c1. The van der Waals surface area contributed by atoms with Crippen LogP contribution in [-0.4, -0.2) is 37.5 Å². The molecule has 3 rings (SSSR count). The summed E-state index contributed by atoms with van der Waals surface area (Å²) in [4.78, 5) is 10.7. The van der Waals surface area contributed by atoms with Crippen molar-refractivity contribution >= 4 is 5.97 Å².